The molecular weight excluding hydrogens is 256 g/mol. The summed E-state index contributed by atoms with van der Waals surface area (Å²) in [5.74, 6) is -0.622. The molecule has 4 N–H and O–H groups in total. The van der Waals surface area contributed by atoms with Crippen molar-refractivity contribution in [3.8, 4) is 0 Å². The molecule has 0 radical (unpaired) electrons. The number of carbonyl (C=O) groups excluding carboxylic acids is 2. The summed E-state index contributed by atoms with van der Waals surface area (Å²) in [6.07, 6.45) is 3.09. The molecule has 1 atom stereocenters. The fourth-order valence-corrected chi connectivity index (χ4v) is 1.01. The predicted octanol–water partition coefficient (Wildman–Crippen LogP) is -0.457. The van der Waals surface area contributed by atoms with Gasteiger partial charge in [-0.05, 0) is 17.9 Å². The largest absolute Gasteiger partial charge is 0.411 e. The first-order chi connectivity index (χ1) is 8.96. The van der Waals surface area contributed by atoms with E-state index in [4.69, 9.17) is 10.9 Å². The summed E-state index contributed by atoms with van der Waals surface area (Å²) >= 11 is 0. The van der Waals surface area contributed by atoms with Crippen molar-refractivity contribution in [1.82, 2.24) is 5.32 Å². The van der Waals surface area contributed by atoms with Crippen LogP contribution in [0.1, 0.15) is 13.3 Å². The summed E-state index contributed by atoms with van der Waals surface area (Å²) in [6, 6.07) is -0.828. The van der Waals surface area contributed by atoms with Gasteiger partial charge in [-0.2, -0.15) is 0 Å². The van der Waals surface area contributed by atoms with Crippen molar-refractivity contribution < 1.29 is 19.7 Å². The summed E-state index contributed by atoms with van der Waals surface area (Å²) < 4.78 is 0. The highest BCUT2D eigenvalue weighted by atomic mass is 16.6. The summed E-state index contributed by atoms with van der Waals surface area (Å²) in [4.78, 5) is 30.5. The van der Waals surface area contributed by atoms with Crippen molar-refractivity contribution in [2.75, 3.05) is 0 Å². The number of nitrogens with two attached hydrogens (primary N) is 1. The molecule has 0 aliphatic heterocycles. The van der Waals surface area contributed by atoms with Gasteiger partial charge in [-0.25, -0.2) is 0 Å². The van der Waals surface area contributed by atoms with E-state index in [0.717, 1.165) is 6.08 Å². The average Bonchev–Trinajstić information content (AvgIpc) is 2.40. The van der Waals surface area contributed by atoms with Crippen LogP contribution >= 0.6 is 0 Å². The summed E-state index contributed by atoms with van der Waals surface area (Å²) in [7, 11) is 0. The standard InChI is InChI=1S/C10H14N4O5/c1-7(13-17)9(2-3-10(11)14(18)19)12-8(6-16)4-5-15/h2-3,5-6,8,12,17H,4,11H2,1H3/b9-2+,10-3+,13-7+/t8-/m0/s1. The summed E-state index contributed by atoms with van der Waals surface area (Å²) in [5.41, 5.74) is 5.29. The molecule has 0 saturated carbocycles. The minimum Gasteiger partial charge on any atom is -0.411 e. The highest BCUT2D eigenvalue weighted by molar-refractivity contribution is 5.97. The molecule has 0 aromatic heterocycles. The molecule has 0 rings (SSSR count). The van der Waals surface area contributed by atoms with Gasteiger partial charge in [-0.15, -0.1) is 0 Å². The molecule has 0 heterocycles. The fraction of sp³-hybridized carbons (Fsp3) is 0.300. The molecule has 0 saturated heterocycles. The Kier molecular flexibility index (Phi) is 7.19. The minimum atomic E-state index is -0.828. The van der Waals surface area contributed by atoms with Crippen molar-refractivity contribution in [1.29, 1.82) is 0 Å². The quantitative estimate of drug-likeness (QED) is 0.135. The number of allylic oxidation sites excluding steroid dienone is 3. The molecule has 104 valence electrons. The number of carbonyl (C=O) groups is 2. The molecule has 0 amide bonds. The SMILES string of the molecule is CC(=N\O)/C(=C\C=C(/N)[N+](=O)[O-])N[C@H](C=O)CC=O. The van der Waals surface area contributed by atoms with Crippen molar-refractivity contribution >= 4 is 18.3 Å². The van der Waals surface area contributed by atoms with Crippen molar-refractivity contribution in [3.63, 3.8) is 0 Å². The number of oxime groups is 1. The molecule has 0 aliphatic rings. The van der Waals surface area contributed by atoms with E-state index in [9.17, 15) is 19.7 Å². The lowest BCUT2D eigenvalue weighted by atomic mass is 10.2. The van der Waals surface area contributed by atoms with Gasteiger partial charge in [-0.3, -0.25) is 5.73 Å². The van der Waals surface area contributed by atoms with Crippen LogP contribution in [0.25, 0.3) is 0 Å². The Morgan fingerprint density at radius 3 is 2.58 bits per heavy atom. The maximum atomic E-state index is 10.7. The van der Waals surface area contributed by atoms with E-state index >= 15 is 0 Å². The van der Waals surface area contributed by atoms with Crippen molar-refractivity contribution in [2.24, 2.45) is 10.9 Å². The zero-order valence-electron chi connectivity index (χ0n) is 10.1. The highest BCUT2D eigenvalue weighted by Crippen LogP contribution is 2.00. The third-order valence-electron chi connectivity index (χ3n) is 2.03. The van der Waals surface area contributed by atoms with E-state index in [1.165, 1.54) is 13.0 Å². The maximum absolute atomic E-state index is 10.7. The Bertz CT molecular complexity index is 441. The van der Waals surface area contributed by atoms with E-state index in [-0.39, 0.29) is 17.8 Å². The fourth-order valence-electron chi connectivity index (χ4n) is 1.01. The van der Waals surface area contributed by atoms with Gasteiger partial charge in [0, 0.05) is 12.5 Å². The van der Waals surface area contributed by atoms with Crippen LogP contribution < -0.4 is 11.1 Å². The average molecular weight is 270 g/mol. The first kappa shape index (κ1) is 16.3. The zero-order chi connectivity index (χ0) is 14.8. The Balaban J connectivity index is 5.17. The van der Waals surface area contributed by atoms with Crippen LogP contribution in [0.2, 0.25) is 0 Å². The summed E-state index contributed by atoms with van der Waals surface area (Å²) in [6.45, 7) is 1.40. The molecule has 0 unspecified atom stereocenters. The summed E-state index contributed by atoms with van der Waals surface area (Å²) in [5, 5.41) is 24.5. The van der Waals surface area contributed by atoms with Crippen LogP contribution in [-0.2, 0) is 9.59 Å². The number of nitrogens with one attached hydrogen (secondary N) is 1. The van der Waals surface area contributed by atoms with Crippen molar-refractivity contribution in [2.45, 2.75) is 19.4 Å². The number of nitrogens with zero attached hydrogens (tertiary/aromatic N) is 2. The lowest BCUT2D eigenvalue weighted by molar-refractivity contribution is -0.426. The van der Waals surface area contributed by atoms with E-state index in [2.05, 4.69) is 10.5 Å². The van der Waals surface area contributed by atoms with E-state index in [1.54, 1.807) is 0 Å². The van der Waals surface area contributed by atoms with Gasteiger partial charge in [0.25, 0.3) is 0 Å². The Labute approximate surface area is 108 Å². The van der Waals surface area contributed by atoms with Gasteiger partial charge in [0.1, 0.15) is 12.6 Å². The molecule has 0 fully saturated rings. The topological polar surface area (TPSA) is 148 Å². The van der Waals surface area contributed by atoms with E-state index < -0.39 is 16.8 Å². The number of nitro groups is 1. The van der Waals surface area contributed by atoms with Crippen LogP contribution in [0.3, 0.4) is 0 Å². The van der Waals surface area contributed by atoms with Crippen LogP contribution in [0.5, 0.6) is 0 Å². The second-order valence-corrected chi connectivity index (χ2v) is 3.40. The molecule has 9 nitrogen and oxygen atoms in total. The number of hydrogen-bond acceptors (Lipinski definition) is 8. The lowest BCUT2D eigenvalue weighted by Crippen LogP contribution is -2.32. The molecule has 9 heteroatoms. The molecule has 19 heavy (non-hydrogen) atoms. The van der Waals surface area contributed by atoms with Gasteiger partial charge >= 0.3 is 5.82 Å². The number of rotatable bonds is 8. The molecule has 0 aliphatic carbocycles. The van der Waals surface area contributed by atoms with Gasteiger partial charge < -0.3 is 30.2 Å². The maximum Gasteiger partial charge on any atom is 0.314 e. The molecule has 0 aromatic rings. The van der Waals surface area contributed by atoms with Crippen molar-refractivity contribution in [3.05, 3.63) is 33.8 Å². The van der Waals surface area contributed by atoms with E-state index in [1.807, 2.05) is 0 Å². The number of hydrogen-bond donors (Lipinski definition) is 3. The predicted molar refractivity (Wildman–Crippen MR) is 65.9 cm³/mol. The van der Waals surface area contributed by atoms with E-state index in [0.29, 0.717) is 12.6 Å². The number of aldehydes is 2. The Morgan fingerprint density at radius 1 is 1.53 bits per heavy atom. The Morgan fingerprint density at radius 2 is 2.16 bits per heavy atom. The Hall–Kier alpha value is -2.71. The van der Waals surface area contributed by atoms with Crippen LogP contribution in [0.4, 0.5) is 0 Å². The zero-order valence-corrected chi connectivity index (χ0v) is 10.1. The molecular formula is C10H14N4O5. The smallest absolute Gasteiger partial charge is 0.314 e. The van der Waals surface area contributed by atoms with Crippen LogP contribution in [-0.4, -0.2) is 34.5 Å². The second-order valence-electron chi connectivity index (χ2n) is 3.40. The molecule has 0 bridgehead atoms. The van der Waals surface area contributed by atoms with Gasteiger partial charge in [-0.1, -0.05) is 5.16 Å². The van der Waals surface area contributed by atoms with Crippen LogP contribution in [0, 0.1) is 10.1 Å². The highest BCUT2D eigenvalue weighted by Gasteiger charge is 2.10. The minimum absolute atomic E-state index is 0.0742. The third kappa shape index (κ3) is 5.96. The monoisotopic (exact) mass is 270 g/mol. The van der Waals surface area contributed by atoms with Gasteiger partial charge in [0.05, 0.1) is 17.5 Å². The molecule has 0 aromatic carbocycles. The molecule has 0 spiro atoms. The first-order valence-corrected chi connectivity index (χ1v) is 5.12. The second kappa shape index (κ2) is 8.39. The normalized spacial score (nSPS) is 14.7. The third-order valence-corrected chi connectivity index (χ3v) is 2.03. The van der Waals surface area contributed by atoms with Crippen LogP contribution in [0.15, 0.2) is 28.8 Å². The lowest BCUT2D eigenvalue weighted by Gasteiger charge is -2.13. The first-order valence-electron chi connectivity index (χ1n) is 5.12. The van der Waals surface area contributed by atoms with Gasteiger partial charge in [0.15, 0.2) is 0 Å². The van der Waals surface area contributed by atoms with Gasteiger partial charge in [0.2, 0.25) is 0 Å².